The van der Waals surface area contributed by atoms with E-state index in [1.807, 2.05) is 12.1 Å². The van der Waals surface area contributed by atoms with Crippen LogP contribution in [0.3, 0.4) is 0 Å². The molecule has 84 valence electrons. The molecule has 2 heteroatoms. The van der Waals surface area contributed by atoms with Gasteiger partial charge in [0, 0.05) is 12.6 Å². The van der Waals surface area contributed by atoms with Crippen molar-refractivity contribution in [1.29, 1.82) is 0 Å². The van der Waals surface area contributed by atoms with Gasteiger partial charge in [0.15, 0.2) is 0 Å². The highest BCUT2D eigenvalue weighted by Gasteiger charge is 2.07. The molecule has 0 aliphatic heterocycles. The van der Waals surface area contributed by atoms with Crippen molar-refractivity contribution in [1.82, 2.24) is 5.32 Å². The molecular formula is C13H21NO. The van der Waals surface area contributed by atoms with Gasteiger partial charge in [0.05, 0.1) is 6.10 Å². The molecule has 0 amide bonds. The Morgan fingerprint density at radius 1 is 1.33 bits per heavy atom. The van der Waals surface area contributed by atoms with Crippen molar-refractivity contribution in [3.8, 4) is 0 Å². The van der Waals surface area contributed by atoms with Crippen LogP contribution in [0.25, 0.3) is 0 Å². The van der Waals surface area contributed by atoms with Gasteiger partial charge in [-0.3, -0.25) is 0 Å². The average Bonchev–Trinajstić information content (AvgIpc) is 2.26. The molecule has 1 aromatic carbocycles. The van der Waals surface area contributed by atoms with Crippen molar-refractivity contribution in [2.24, 2.45) is 0 Å². The minimum Gasteiger partial charge on any atom is -0.387 e. The first-order valence-electron chi connectivity index (χ1n) is 5.63. The lowest BCUT2D eigenvalue weighted by Gasteiger charge is -2.15. The molecule has 0 bridgehead atoms. The summed E-state index contributed by atoms with van der Waals surface area (Å²) in [4.78, 5) is 0. The Morgan fingerprint density at radius 2 is 2.07 bits per heavy atom. The van der Waals surface area contributed by atoms with Crippen LogP contribution in [0, 0.1) is 0 Å². The summed E-state index contributed by atoms with van der Waals surface area (Å²) in [6.45, 7) is 6.90. The smallest absolute Gasteiger partial charge is 0.0914 e. The summed E-state index contributed by atoms with van der Waals surface area (Å²) < 4.78 is 0. The van der Waals surface area contributed by atoms with Crippen LogP contribution >= 0.6 is 0 Å². The van der Waals surface area contributed by atoms with E-state index in [1.165, 1.54) is 5.56 Å². The highest BCUT2D eigenvalue weighted by Crippen LogP contribution is 2.14. The molecule has 15 heavy (non-hydrogen) atoms. The molecule has 0 fully saturated rings. The van der Waals surface area contributed by atoms with Crippen LogP contribution in [-0.2, 0) is 6.42 Å². The molecule has 0 aliphatic rings. The van der Waals surface area contributed by atoms with Crippen LogP contribution in [0.5, 0.6) is 0 Å². The Labute approximate surface area is 92.3 Å². The maximum atomic E-state index is 9.93. The number of hydrogen-bond acceptors (Lipinski definition) is 2. The van der Waals surface area contributed by atoms with Crippen molar-refractivity contribution in [2.45, 2.75) is 39.3 Å². The van der Waals surface area contributed by atoms with E-state index < -0.39 is 6.10 Å². The van der Waals surface area contributed by atoms with Crippen molar-refractivity contribution in [3.05, 3.63) is 35.4 Å². The first-order valence-corrected chi connectivity index (χ1v) is 5.63. The van der Waals surface area contributed by atoms with E-state index in [0.29, 0.717) is 12.6 Å². The van der Waals surface area contributed by atoms with E-state index in [1.54, 1.807) is 0 Å². The number of aliphatic hydroxyl groups excluding tert-OH is 1. The zero-order valence-corrected chi connectivity index (χ0v) is 9.83. The summed E-state index contributed by atoms with van der Waals surface area (Å²) >= 11 is 0. The Morgan fingerprint density at radius 3 is 2.67 bits per heavy atom. The fourth-order valence-electron chi connectivity index (χ4n) is 1.49. The van der Waals surface area contributed by atoms with Gasteiger partial charge < -0.3 is 10.4 Å². The maximum absolute atomic E-state index is 9.93. The van der Waals surface area contributed by atoms with Gasteiger partial charge in [-0.25, -0.2) is 0 Å². The molecule has 0 aromatic heterocycles. The van der Waals surface area contributed by atoms with Gasteiger partial charge in [-0.1, -0.05) is 45.0 Å². The molecule has 2 N–H and O–H groups in total. The molecule has 1 atom stereocenters. The zero-order valence-electron chi connectivity index (χ0n) is 9.83. The van der Waals surface area contributed by atoms with E-state index in [4.69, 9.17) is 0 Å². The normalized spacial score (nSPS) is 13.1. The lowest BCUT2D eigenvalue weighted by Crippen LogP contribution is -2.27. The van der Waals surface area contributed by atoms with Crippen LogP contribution in [0.2, 0.25) is 0 Å². The molecule has 0 saturated carbocycles. The molecule has 0 spiro atoms. The van der Waals surface area contributed by atoms with Crippen molar-refractivity contribution >= 4 is 0 Å². The van der Waals surface area contributed by atoms with Gasteiger partial charge in [0.1, 0.15) is 0 Å². The molecule has 0 heterocycles. The summed E-state index contributed by atoms with van der Waals surface area (Å²) in [5, 5.41) is 13.2. The quantitative estimate of drug-likeness (QED) is 0.776. The number of aliphatic hydroxyl groups is 1. The Balaban J connectivity index is 2.60. The van der Waals surface area contributed by atoms with E-state index in [0.717, 1.165) is 12.0 Å². The van der Waals surface area contributed by atoms with Crippen LogP contribution in [0.1, 0.15) is 38.0 Å². The van der Waals surface area contributed by atoms with Gasteiger partial charge in [-0.15, -0.1) is 0 Å². The fourth-order valence-corrected chi connectivity index (χ4v) is 1.49. The predicted molar refractivity (Wildman–Crippen MR) is 63.9 cm³/mol. The molecular weight excluding hydrogens is 186 g/mol. The Hall–Kier alpha value is -0.860. The topological polar surface area (TPSA) is 32.3 Å². The molecule has 2 nitrogen and oxygen atoms in total. The standard InChI is InChI=1S/C13H21NO/c1-4-11-6-5-7-12(8-11)13(15)9-14-10(2)3/h5-8,10,13-15H,4,9H2,1-3H3. The minimum atomic E-state index is -0.404. The van der Waals surface area contributed by atoms with Crippen LogP contribution in [0.4, 0.5) is 0 Å². The number of benzene rings is 1. The van der Waals surface area contributed by atoms with Crippen LogP contribution in [-0.4, -0.2) is 17.7 Å². The third-order valence-corrected chi connectivity index (χ3v) is 2.46. The highest BCUT2D eigenvalue weighted by atomic mass is 16.3. The monoisotopic (exact) mass is 207 g/mol. The highest BCUT2D eigenvalue weighted by molar-refractivity contribution is 5.25. The van der Waals surface area contributed by atoms with Gasteiger partial charge in [-0.2, -0.15) is 0 Å². The predicted octanol–water partition coefficient (Wildman–Crippen LogP) is 2.28. The molecule has 0 aliphatic carbocycles. The Kier molecular flexibility index (Phi) is 4.79. The second kappa shape index (κ2) is 5.89. The van der Waals surface area contributed by atoms with E-state index in [9.17, 15) is 5.11 Å². The van der Waals surface area contributed by atoms with Gasteiger partial charge in [0.2, 0.25) is 0 Å². The first kappa shape index (κ1) is 12.2. The third-order valence-electron chi connectivity index (χ3n) is 2.46. The van der Waals surface area contributed by atoms with Crippen LogP contribution in [0.15, 0.2) is 24.3 Å². The number of rotatable bonds is 5. The summed E-state index contributed by atoms with van der Waals surface area (Å²) in [5.74, 6) is 0. The third kappa shape index (κ3) is 4.02. The fraction of sp³-hybridized carbons (Fsp3) is 0.538. The molecule has 1 aromatic rings. The Bertz CT molecular complexity index is 296. The number of aryl methyl sites for hydroxylation is 1. The number of hydrogen-bond donors (Lipinski definition) is 2. The second-order valence-corrected chi connectivity index (χ2v) is 4.18. The van der Waals surface area contributed by atoms with E-state index >= 15 is 0 Å². The lowest BCUT2D eigenvalue weighted by atomic mass is 10.0. The molecule has 0 saturated heterocycles. The van der Waals surface area contributed by atoms with Crippen molar-refractivity contribution in [3.63, 3.8) is 0 Å². The SMILES string of the molecule is CCc1cccc(C(O)CNC(C)C)c1. The van der Waals surface area contributed by atoms with Gasteiger partial charge in [-0.05, 0) is 17.5 Å². The van der Waals surface area contributed by atoms with Gasteiger partial charge in [0.25, 0.3) is 0 Å². The summed E-state index contributed by atoms with van der Waals surface area (Å²) in [5.41, 5.74) is 2.28. The van der Waals surface area contributed by atoms with Gasteiger partial charge >= 0.3 is 0 Å². The number of nitrogens with one attached hydrogen (secondary N) is 1. The van der Waals surface area contributed by atoms with Crippen molar-refractivity contribution in [2.75, 3.05) is 6.54 Å². The first-order chi connectivity index (χ1) is 7.13. The zero-order chi connectivity index (χ0) is 11.3. The second-order valence-electron chi connectivity index (χ2n) is 4.18. The van der Waals surface area contributed by atoms with E-state index in [2.05, 4.69) is 38.2 Å². The maximum Gasteiger partial charge on any atom is 0.0914 e. The largest absolute Gasteiger partial charge is 0.387 e. The summed E-state index contributed by atoms with van der Waals surface area (Å²) in [6.07, 6.45) is 0.608. The lowest BCUT2D eigenvalue weighted by molar-refractivity contribution is 0.171. The molecule has 1 unspecified atom stereocenters. The average molecular weight is 207 g/mol. The minimum absolute atomic E-state index is 0.404. The summed E-state index contributed by atoms with van der Waals surface area (Å²) in [7, 11) is 0. The summed E-state index contributed by atoms with van der Waals surface area (Å²) in [6, 6.07) is 8.56. The van der Waals surface area contributed by atoms with E-state index in [-0.39, 0.29) is 0 Å². The van der Waals surface area contributed by atoms with Crippen LogP contribution < -0.4 is 5.32 Å². The molecule has 1 rings (SSSR count). The van der Waals surface area contributed by atoms with Crippen molar-refractivity contribution < 1.29 is 5.11 Å². The molecule has 0 radical (unpaired) electrons.